The van der Waals surface area contributed by atoms with Crippen LogP contribution in [-0.4, -0.2) is 51.0 Å². The number of morpholine rings is 1. The smallest absolute Gasteiger partial charge is 0.253 e. The number of ether oxygens (including phenoxy) is 1. The summed E-state index contributed by atoms with van der Waals surface area (Å²) < 4.78 is 46.9. The number of halogens is 2. The van der Waals surface area contributed by atoms with Crippen molar-refractivity contribution in [1.82, 2.24) is 9.62 Å². The molecular weight excluding hydrogens is 431 g/mol. The van der Waals surface area contributed by atoms with Crippen LogP contribution in [0.1, 0.15) is 50.4 Å². The zero-order chi connectivity index (χ0) is 21.9. The summed E-state index contributed by atoms with van der Waals surface area (Å²) in [6.45, 7) is 7.29. The molecule has 4 rings (SSSR count). The van der Waals surface area contributed by atoms with Crippen molar-refractivity contribution in [1.29, 1.82) is 0 Å². The molecule has 1 aromatic rings. The summed E-state index contributed by atoms with van der Waals surface area (Å²) in [5.74, 6) is -0.894. The van der Waals surface area contributed by atoms with Gasteiger partial charge >= 0.3 is 0 Å². The predicted molar refractivity (Wildman–Crippen MR) is 111 cm³/mol. The Labute approximate surface area is 182 Å². The molecule has 6 nitrogen and oxygen atoms in total. The van der Waals surface area contributed by atoms with E-state index < -0.39 is 26.6 Å². The van der Waals surface area contributed by atoms with E-state index in [4.69, 9.17) is 16.3 Å². The highest BCUT2D eigenvalue weighted by atomic mass is 35.5. The lowest BCUT2D eigenvalue weighted by atomic mass is 9.68. The first-order chi connectivity index (χ1) is 14.0. The summed E-state index contributed by atoms with van der Waals surface area (Å²) in [5.41, 5.74) is -0.0937. The summed E-state index contributed by atoms with van der Waals surface area (Å²) >= 11 is 6.17. The maximum absolute atomic E-state index is 14.6. The molecule has 1 amide bonds. The molecule has 3 aliphatic rings. The molecule has 0 radical (unpaired) electrons. The number of carbonyl (C=O) groups excluding carboxylic acids is 1. The summed E-state index contributed by atoms with van der Waals surface area (Å²) in [7, 11) is -4.10. The summed E-state index contributed by atoms with van der Waals surface area (Å²) in [4.78, 5) is 12.6. The third kappa shape index (κ3) is 3.45. The molecule has 1 aliphatic heterocycles. The molecule has 3 fully saturated rings. The molecule has 2 bridgehead atoms. The lowest BCUT2D eigenvalue weighted by molar-refractivity contribution is 0.0727. The predicted octanol–water partition coefficient (Wildman–Crippen LogP) is 3.44. The van der Waals surface area contributed by atoms with E-state index >= 15 is 0 Å². The second-order valence-corrected chi connectivity index (χ2v) is 11.9. The fourth-order valence-corrected chi connectivity index (χ4v) is 7.41. The van der Waals surface area contributed by atoms with E-state index in [1.807, 2.05) is 0 Å². The summed E-state index contributed by atoms with van der Waals surface area (Å²) in [5, 5.41) is 3.00. The van der Waals surface area contributed by atoms with Crippen molar-refractivity contribution in [3.05, 3.63) is 28.5 Å². The maximum atomic E-state index is 14.6. The maximum Gasteiger partial charge on any atom is 0.253 e. The molecule has 2 saturated carbocycles. The fraction of sp³-hybridized carbons (Fsp3) is 0.667. The molecule has 0 spiro atoms. The van der Waals surface area contributed by atoms with Gasteiger partial charge in [-0.05, 0) is 48.1 Å². The van der Waals surface area contributed by atoms with Crippen molar-refractivity contribution in [2.24, 2.45) is 16.7 Å². The van der Waals surface area contributed by atoms with Gasteiger partial charge in [-0.25, -0.2) is 12.8 Å². The molecule has 166 valence electrons. The summed E-state index contributed by atoms with van der Waals surface area (Å²) in [6.07, 6.45) is 3.24. The SMILES string of the molecule is CC12CC[C@H](C1)C(C)(C)C2NC(=O)c1cc(S(=O)(=O)N2CCOCC2)c(F)cc1Cl. The third-order valence-electron chi connectivity index (χ3n) is 7.40. The van der Waals surface area contributed by atoms with Crippen LogP contribution < -0.4 is 5.32 Å². The van der Waals surface area contributed by atoms with Crippen LogP contribution in [0.25, 0.3) is 0 Å². The Morgan fingerprint density at radius 1 is 1.27 bits per heavy atom. The van der Waals surface area contributed by atoms with Crippen LogP contribution in [0.15, 0.2) is 17.0 Å². The van der Waals surface area contributed by atoms with Crippen LogP contribution in [0.3, 0.4) is 0 Å². The van der Waals surface area contributed by atoms with Gasteiger partial charge in [0.2, 0.25) is 10.0 Å². The number of benzene rings is 1. The minimum absolute atomic E-state index is 0.000952. The van der Waals surface area contributed by atoms with E-state index in [9.17, 15) is 17.6 Å². The van der Waals surface area contributed by atoms with E-state index in [-0.39, 0.29) is 53.8 Å². The normalized spacial score (nSPS) is 31.1. The summed E-state index contributed by atoms with van der Waals surface area (Å²) in [6, 6.07) is 1.93. The van der Waals surface area contributed by atoms with Crippen LogP contribution in [-0.2, 0) is 14.8 Å². The topological polar surface area (TPSA) is 75.7 Å². The number of carbonyl (C=O) groups is 1. The Kier molecular flexibility index (Phi) is 5.45. The van der Waals surface area contributed by atoms with Gasteiger partial charge in [0, 0.05) is 19.1 Å². The van der Waals surface area contributed by atoms with Gasteiger partial charge in [-0.2, -0.15) is 4.31 Å². The molecule has 2 unspecified atom stereocenters. The van der Waals surface area contributed by atoms with Crippen molar-refractivity contribution >= 4 is 27.5 Å². The molecule has 9 heteroatoms. The van der Waals surface area contributed by atoms with Gasteiger partial charge in [-0.3, -0.25) is 4.79 Å². The zero-order valence-corrected chi connectivity index (χ0v) is 19.1. The molecule has 1 heterocycles. The minimum atomic E-state index is -4.10. The van der Waals surface area contributed by atoms with Gasteiger partial charge in [0.15, 0.2) is 0 Å². The highest BCUT2D eigenvalue weighted by molar-refractivity contribution is 7.89. The lowest BCUT2D eigenvalue weighted by Gasteiger charge is -2.43. The van der Waals surface area contributed by atoms with Crippen molar-refractivity contribution in [3.8, 4) is 0 Å². The van der Waals surface area contributed by atoms with Gasteiger partial charge in [-0.1, -0.05) is 32.4 Å². The Hall–Kier alpha value is -1.22. The van der Waals surface area contributed by atoms with E-state index in [0.29, 0.717) is 5.92 Å². The first-order valence-corrected chi connectivity index (χ1v) is 12.2. The van der Waals surface area contributed by atoms with E-state index in [0.717, 1.165) is 31.4 Å². The zero-order valence-electron chi connectivity index (χ0n) is 17.5. The second kappa shape index (κ2) is 7.43. The highest BCUT2D eigenvalue weighted by Crippen LogP contribution is 2.62. The van der Waals surface area contributed by atoms with E-state index in [2.05, 4.69) is 26.1 Å². The monoisotopic (exact) mass is 458 g/mol. The first-order valence-electron chi connectivity index (χ1n) is 10.3. The standard InChI is InChI=1S/C21H28ClFN2O4S/c1-20(2)13-4-5-21(3,12-13)19(20)24-18(26)14-10-17(16(23)11-15(14)22)30(27,28)25-6-8-29-9-7-25/h10-11,13,19H,4-9,12H2,1-3H3,(H,24,26)/t13-,19?,21?/m1/s1. The quantitative estimate of drug-likeness (QED) is 0.749. The van der Waals surface area contributed by atoms with E-state index in [1.165, 1.54) is 4.31 Å². The largest absolute Gasteiger partial charge is 0.379 e. The molecule has 1 saturated heterocycles. The lowest BCUT2D eigenvalue weighted by Crippen LogP contribution is -2.52. The second-order valence-electron chi connectivity index (χ2n) is 9.60. The van der Waals surface area contributed by atoms with Crippen LogP contribution >= 0.6 is 11.6 Å². The van der Waals surface area contributed by atoms with Crippen LogP contribution in [0, 0.1) is 22.6 Å². The Morgan fingerprint density at radius 2 is 1.93 bits per heavy atom. The number of hydrogen-bond acceptors (Lipinski definition) is 4. The highest BCUT2D eigenvalue weighted by Gasteiger charge is 2.59. The third-order valence-corrected chi connectivity index (χ3v) is 9.63. The number of rotatable bonds is 4. The Morgan fingerprint density at radius 3 is 2.53 bits per heavy atom. The Balaban J connectivity index is 1.65. The molecule has 0 aromatic heterocycles. The number of fused-ring (bicyclic) bond motifs is 2. The van der Waals surface area contributed by atoms with Crippen LogP contribution in [0.4, 0.5) is 4.39 Å². The number of hydrogen-bond donors (Lipinski definition) is 1. The molecular formula is C21H28ClFN2O4S. The van der Waals surface area contributed by atoms with Gasteiger partial charge < -0.3 is 10.1 Å². The number of nitrogens with zero attached hydrogens (tertiary/aromatic N) is 1. The van der Waals surface area contributed by atoms with Crippen molar-refractivity contribution in [2.75, 3.05) is 26.3 Å². The van der Waals surface area contributed by atoms with Gasteiger partial charge in [0.25, 0.3) is 5.91 Å². The number of nitrogens with one attached hydrogen (secondary N) is 1. The molecule has 3 atom stereocenters. The Bertz CT molecular complexity index is 973. The molecule has 30 heavy (non-hydrogen) atoms. The van der Waals surface area contributed by atoms with Crippen molar-refractivity contribution < 1.29 is 22.3 Å². The van der Waals surface area contributed by atoms with Crippen LogP contribution in [0.5, 0.6) is 0 Å². The van der Waals surface area contributed by atoms with Crippen molar-refractivity contribution in [2.45, 2.75) is 51.0 Å². The van der Waals surface area contributed by atoms with Crippen LogP contribution in [0.2, 0.25) is 5.02 Å². The molecule has 1 aromatic carbocycles. The number of sulfonamides is 1. The number of amides is 1. The van der Waals surface area contributed by atoms with E-state index in [1.54, 1.807) is 0 Å². The van der Waals surface area contributed by atoms with Crippen molar-refractivity contribution in [3.63, 3.8) is 0 Å². The average Bonchev–Trinajstić information content (AvgIpc) is 3.16. The molecule has 2 aliphatic carbocycles. The van der Waals surface area contributed by atoms with Gasteiger partial charge in [0.05, 0.1) is 23.8 Å². The average molecular weight is 459 g/mol. The fourth-order valence-electron chi connectivity index (χ4n) is 5.70. The first kappa shape index (κ1) is 22.0. The van der Waals surface area contributed by atoms with Gasteiger partial charge in [0.1, 0.15) is 10.7 Å². The minimum Gasteiger partial charge on any atom is -0.379 e. The van der Waals surface area contributed by atoms with Gasteiger partial charge in [-0.15, -0.1) is 0 Å². The molecule has 1 N–H and O–H groups in total.